The van der Waals surface area contributed by atoms with E-state index in [1.54, 1.807) is 18.2 Å². The number of nitrogens with one attached hydrogen (secondary N) is 3. The molecule has 1 fully saturated rings. The minimum Gasteiger partial charge on any atom is -0.362 e. The van der Waals surface area contributed by atoms with E-state index < -0.39 is 0 Å². The highest BCUT2D eigenvalue weighted by atomic mass is 35.5. The van der Waals surface area contributed by atoms with Gasteiger partial charge in [0.15, 0.2) is 0 Å². The number of anilines is 3. The second-order valence-electron chi connectivity index (χ2n) is 8.61. The zero-order valence-electron chi connectivity index (χ0n) is 18.7. The van der Waals surface area contributed by atoms with E-state index in [4.69, 9.17) is 33.2 Å². The molecule has 0 bridgehead atoms. The van der Waals surface area contributed by atoms with Crippen molar-refractivity contribution in [1.29, 1.82) is 0 Å². The molecule has 3 N–H and O–H groups in total. The third-order valence-electron chi connectivity index (χ3n) is 5.92. The highest BCUT2D eigenvalue weighted by Crippen LogP contribution is 2.28. The number of hydrogen-bond acceptors (Lipinski definition) is 5. The molecule has 3 aromatic rings. The zero-order chi connectivity index (χ0) is 23.4. The van der Waals surface area contributed by atoms with Crippen molar-refractivity contribution < 1.29 is 4.79 Å². The number of fused-ring (bicyclic) bond motifs is 1. The minimum absolute atomic E-state index is 0.241. The lowest BCUT2D eigenvalue weighted by atomic mass is 9.86. The Morgan fingerprint density at radius 3 is 2.52 bits per heavy atom. The number of halogens is 2. The highest BCUT2D eigenvalue weighted by molar-refractivity contribution is 6.42. The number of rotatable bonds is 6. The van der Waals surface area contributed by atoms with Gasteiger partial charge in [-0.05, 0) is 61.9 Å². The topological polar surface area (TPSA) is 82.2 Å². The predicted octanol–water partition coefficient (Wildman–Crippen LogP) is 5.80. The van der Waals surface area contributed by atoms with Gasteiger partial charge in [-0.3, -0.25) is 0 Å². The van der Waals surface area contributed by atoms with Gasteiger partial charge in [0.05, 0.1) is 15.6 Å². The maximum absolute atomic E-state index is 12.2. The predicted molar refractivity (Wildman–Crippen MR) is 137 cm³/mol. The van der Waals surface area contributed by atoms with Crippen molar-refractivity contribution in [2.24, 2.45) is 5.92 Å². The summed E-state index contributed by atoms with van der Waals surface area (Å²) < 4.78 is 0. The lowest BCUT2D eigenvalue weighted by Gasteiger charge is -2.29. The first-order valence-corrected chi connectivity index (χ1v) is 11.8. The van der Waals surface area contributed by atoms with E-state index in [1.807, 2.05) is 43.3 Å². The van der Waals surface area contributed by atoms with Crippen molar-refractivity contribution >= 4 is 57.6 Å². The molecule has 1 saturated carbocycles. The molecule has 2 aromatic carbocycles. The summed E-state index contributed by atoms with van der Waals surface area (Å²) in [5, 5.41) is 11.2. The van der Waals surface area contributed by atoms with Gasteiger partial charge in [-0.2, -0.15) is 4.98 Å². The summed E-state index contributed by atoms with van der Waals surface area (Å²) >= 11 is 11.9. The SMILES string of the molecule is CN(C)c1nc(NC2CCC(CNC(=O)Nc3ccc(Cl)c(Cl)c3)CC2)nc2ccccc12. The van der Waals surface area contributed by atoms with E-state index in [1.165, 1.54) is 0 Å². The molecule has 1 heterocycles. The first kappa shape index (κ1) is 23.4. The molecule has 0 spiro atoms. The van der Waals surface area contributed by atoms with E-state index in [0.29, 0.717) is 40.2 Å². The van der Waals surface area contributed by atoms with Gasteiger partial charge < -0.3 is 20.9 Å². The molecule has 1 aliphatic carbocycles. The monoisotopic (exact) mass is 486 g/mol. The Hall–Kier alpha value is -2.77. The maximum atomic E-state index is 12.2. The number of aromatic nitrogens is 2. The first-order valence-electron chi connectivity index (χ1n) is 11.1. The van der Waals surface area contributed by atoms with Gasteiger partial charge >= 0.3 is 6.03 Å². The largest absolute Gasteiger partial charge is 0.362 e. The van der Waals surface area contributed by atoms with Crippen LogP contribution in [0.15, 0.2) is 42.5 Å². The number of carbonyl (C=O) groups excluding carboxylic acids is 1. The highest BCUT2D eigenvalue weighted by Gasteiger charge is 2.22. The molecule has 0 aliphatic heterocycles. The van der Waals surface area contributed by atoms with E-state index in [-0.39, 0.29) is 6.03 Å². The molecule has 0 atom stereocenters. The summed E-state index contributed by atoms with van der Waals surface area (Å²) in [6.07, 6.45) is 4.07. The third kappa shape index (κ3) is 5.97. The van der Waals surface area contributed by atoms with Crippen LogP contribution in [0.2, 0.25) is 10.0 Å². The zero-order valence-corrected chi connectivity index (χ0v) is 20.2. The standard InChI is InChI=1S/C24H28Cl2N6O/c1-32(2)22-18-5-3-4-6-21(18)30-23(31-22)28-16-9-7-15(8-10-16)14-27-24(33)29-17-11-12-19(25)20(26)13-17/h3-6,11-13,15-16H,7-10,14H2,1-2H3,(H2,27,29,33)(H,28,30,31). The van der Waals surface area contributed by atoms with Gasteiger partial charge in [-0.25, -0.2) is 9.78 Å². The van der Waals surface area contributed by atoms with Gasteiger partial charge in [0.25, 0.3) is 0 Å². The fraction of sp³-hybridized carbons (Fsp3) is 0.375. The summed E-state index contributed by atoms with van der Waals surface area (Å²) in [5.41, 5.74) is 1.55. The van der Waals surface area contributed by atoms with Gasteiger partial charge in [-0.15, -0.1) is 0 Å². The Morgan fingerprint density at radius 1 is 1.03 bits per heavy atom. The summed E-state index contributed by atoms with van der Waals surface area (Å²) in [7, 11) is 3.99. The Labute approximate surface area is 203 Å². The molecule has 4 rings (SSSR count). The van der Waals surface area contributed by atoms with Gasteiger partial charge in [0, 0.05) is 37.8 Å². The van der Waals surface area contributed by atoms with Gasteiger partial charge in [0.2, 0.25) is 5.95 Å². The van der Waals surface area contributed by atoms with Crippen molar-refractivity contribution in [2.45, 2.75) is 31.7 Å². The van der Waals surface area contributed by atoms with Crippen LogP contribution in [-0.2, 0) is 0 Å². The number of carbonyl (C=O) groups is 1. The molecule has 0 unspecified atom stereocenters. The Kier molecular flexibility index (Phi) is 7.40. The van der Waals surface area contributed by atoms with Crippen LogP contribution in [0.1, 0.15) is 25.7 Å². The Balaban J connectivity index is 1.27. The number of hydrogen-bond donors (Lipinski definition) is 3. The van der Waals surface area contributed by atoms with Crippen molar-refractivity contribution in [3.8, 4) is 0 Å². The fourth-order valence-corrected chi connectivity index (χ4v) is 4.44. The number of urea groups is 1. The second kappa shape index (κ2) is 10.4. The molecule has 2 amide bonds. The minimum atomic E-state index is -0.241. The molecule has 33 heavy (non-hydrogen) atoms. The van der Waals surface area contributed by atoms with Crippen LogP contribution in [0.3, 0.4) is 0 Å². The quantitative estimate of drug-likeness (QED) is 0.410. The van der Waals surface area contributed by atoms with Crippen LogP contribution in [-0.4, -0.2) is 42.7 Å². The smallest absolute Gasteiger partial charge is 0.319 e. The van der Waals surface area contributed by atoms with Gasteiger partial charge in [-0.1, -0.05) is 35.3 Å². The van der Waals surface area contributed by atoms with Gasteiger partial charge in [0.1, 0.15) is 5.82 Å². The van der Waals surface area contributed by atoms with Crippen LogP contribution in [0, 0.1) is 5.92 Å². The van der Waals surface area contributed by atoms with Crippen LogP contribution in [0.4, 0.5) is 22.2 Å². The summed E-state index contributed by atoms with van der Waals surface area (Å²) in [4.78, 5) is 23.7. The number of para-hydroxylation sites is 1. The molecule has 174 valence electrons. The summed E-state index contributed by atoms with van der Waals surface area (Å²) in [6.45, 7) is 0.636. The normalized spacial score (nSPS) is 18.1. The number of benzene rings is 2. The van der Waals surface area contributed by atoms with E-state index >= 15 is 0 Å². The third-order valence-corrected chi connectivity index (χ3v) is 6.65. The van der Waals surface area contributed by atoms with Crippen LogP contribution < -0.4 is 20.9 Å². The average Bonchev–Trinajstić information content (AvgIpc) is 2.80. The molecule has 0 saturated heterocycles. The van der Waals surface area contributed by atoms with E-state index in [9.17, 15) is 4.79 Å². The molecule has 7 nitrogen and oxygen atoms in total. The average molecular weight is 487 g/mol. The molecule has 1 aliphatic rings. The summed E-state index contributed by atoms with van der Waals surface area (Å²) in [5.74, 6) is 2.02. The lowest BCUT2D eigenvalue weighted by molar-refractivity contribution is 0.246. The van der Waals surface area contributed by atoms with Crippen molar-refractivity contribution in [3.05, 3.63) is 52.5 Å². The van der Waals surface area contributed by atoms with Crippen LogP contribution in [0.5, 0.6) is 0 Å². The van der Waals surface area contributed by atoms with Crippen molar-refractivity contribution in [1.82, 2.24) is 15.3 Å². The summed E-state index contributed by atoms with van der Waals surface area (Å²) in [6, 6.07) is 13.2. The number of nitrogens with zero attached hydrogens (tertiary/aromatic N) is 3. The van der Waals surface area contributed by atoms with Crippen molar-refractivity contribution in [3.63, 3.8) is 0 Å². The van der Waals surface area contributed by atoms with Crippen LogP contribution in [0.25, 0.3) is 10.9 Å². The maximum Gasteiger partial charge on any atom is 0.319 e. The first-order chi connectivity index (χ1) is 15.9. The Bertz CT molecular complexity index is 1130. The fourth-order valence-electron chi connectivity index (χ4n) is 4.14. The second-order valence-corrected chi connectivity index (χ2v) is 9.42. The molecule has 1 aromatic heterocycles. The molecule has 9 heteroatoms. The van der Waals surface area contributed by atoms with Crippen LogP contribution >= 0.6 is 23.2 Å². The molecular formula is C24H28Cl2N6O. The Morgan fingerprint density at radius 2 is 1.79 bits per heavy atom. The van der Waals surface area contributed by atoms with E-state index in [2.05, 4.69) is 16.0 Å². The van der Waals surface area contributed by atoms with Crippen molar-refractivity contribution in [2.75, 3.05) is 36.2 Å². The van der Waals surface area contributed by atoms with E-state index in [0.717, 1.165) is 42.4 Å². The number of amides is 2. The lowest BCUT2D eigenvalue weighted by Crippen LogP contribution is -2.36. The molecular weight excluding hydrogens is 459 g/mol. The molecule has 0 radical (unpaired) electrons.